The van der Waals surface area contributed by atoms with Gasteiger partial charge in [-0.25, -0.2) is 4.79 Å². The standard InChI is InChI=1S/C14H24N2O3/c1-2-15(9-11-5-6-11)14(19)16-7-3-4-12(10-16)8-13(17)18/h11-12H,2-10H2,1H3,(H,17,18). The second-order valence-electron chi connectivity index (χ2n) is 5.82. The minimum atomic E-state index is -0.760. The SMILES string of the molecule is CCN(CC1CC1)C(=O)N1CCCC(CC(=O)O)C1. The predicted molar refractivity (Wildman–Crippen MR) is 71.9 cm³/mol. The van der Waals surface area contributed by atoms with Gasteiger partial charge in [-0.15, -0.1) is 0 Å². The second kappa shape index (κ2) is 6.26. The Kier molecular flexibility index (Phi) is 4.66. The van der Waals surface area contributed by atoms with Crippen LogP contribution in [0.3, 0.4) is 0 Å². The highest BCUT2D eigenvalue weighted by molar-refractivity contribution is 5.75. The van der Waals surface area contributed by atoms with Crippen LogP contribution in [0.4, 0.5) is 4.79 Å². The Labute approximate surface area is 114 Å². The highest BCUT2D eigenvalue weighted by Gasteiger charge is 2.31. The van der Waals surface area contributed by atoms with Gasteiger partial charge in [0.25, 0.3) is 0 Å². The molecule has 19 heavy (non-hydrogen) atoms. The average molecular weight is 268 g/mol. The maximum absolute atomic E-state index is 12.4. The molecule has 0 bridgehead atoms. The lowest BCUT2D eigenvalue weighted by atomic mass is 9.95. The predicted octanol–water partition coefficient (Wildman–Crippen LogP) is 2.03. The Balaban J connectivity index is 1.87. The smallest absolute Gasteiger partial charge is 0.320 e. The highest BCUT2D eigenvalue weighted by Crippen LogP contribution is 2.30. The van der Waals surface area contributed by atoms with Crippen molar-refractivity contribution in [1.82, 2.24) is 9.80 Å². The molecule has 0 aromatic heterocycles. The van der Waals surface area contributed by atoms with E-state index in [9.17, 15) is 9.59 Å². The van der Waals surface area contributed by atoms with E-state index in [1.54, 1.807) is 0 Å². The topological polar surface area (TPSA) is 60.9 Å². The van der Waals surface area contributed by atoms with Crippen molar-refractivity contribution >= 4 is 12.0 Å². The van der Waals surface area contributed by atoms with Crippen molar-refractivity contribution < 1.29 is 14.7 Å². The molecule has 1 saturated heterocycles. The molecule has 1 aliphatic carbocycles. The molecule has 1 heterocycles. The molecular weight excluding hydrogens is 244 g/mol. The normalized spacial score (nSPS) is 23.2. The summed E-state index contributed by atoms with van der Waals surface area (Å²) in [5.41, 5.74) is 0. The highest BCUT2D eigenvalue weighted by atomic mass is 16.4. The minimum Gasteiger partial charge on any atom is -0.481 e. The molecule has 0 aromatic rings. The van der Waals surface area contributed by atoms with Gasteiger partial charge in [-0.3, -0.25) is 4.79 Å². The lowest BCUT2D eigenvalue weighted by Crippen LogP contribution is -2.48. The quantitative estimate of drug-likeness (QED) is 0.830. The van der Waals surface area contributed by atoms with Gasteiger partial charge in [-0.05, 0) is 44.4 Å². The van der Waals surface area contributed by atoms with Crippen molar-refractivity contribution in [3.8, 4) is 0 Å². The number of carbonyl (C=O) groups excluding carboxylic acids is 1. The first kappa shape index (κ1) is 14.2. The summed E-state index contributed by atoms with van der Waals surface area (Å²) < 4.78 is 0. The summed E-state index contributed by atoms with van der Waals surface area (Å²) in [6, 6.07) is 0.101. The van der Waals surface area contributed by atoms with Crippen molar-refractivity contribution in [3.05, 3.63) is 0 Å². The van der Waals surface area contributed by atoms with Gasteiger partial charge < -0.3 is 14.9 Å². The molecule has 0 aromatic carbocycles. The number of rotatable bonds is 5. The number of amides is 2. The summed E-state index contributed by atoms with van der Waals surface area (Å²) >= 11 is 0. The number of likely N-dealkylation sites (tertiary alicyclic amines) is 1. The van der Waals surface area contributed by atoms with Crippen molar-refractivity contribution in [2.75, 3.05) is 26.2 Å². The summed E-state index contributed by atoms with van der Waals surface area (Å²) in [7, 11) is 0. The van der Waals surface area contributed by atoms with Crippen LogP contribution in [-0.2, 0) is 4.79 Å². The van der Waals surface area contributed by atoms with E-state index < -0.39 is 5.97 Å². The monoisotopic (exact) mass is 268 g/mol. The molecule has 1 atom stereocenters. The summed E-state index contributed by atoms with van der Waals surface area (Å²) in [6.07, 6.45) is 4.50. The molecule has 1 N–H and O–H groups in total. The van der Waals surface area contributed by atoms with E-state index in [0.717, 1.165) is 32.5 Å². The van der Waals surface area contributed by atoms with Crippen LogP contribution in [0.25, 0.3) is 0 Å². The zero-order valence-electron chi connectivity index (χ0n) is 11.7. The van der Waals surface area contributed by atoms with Crippen LogP contribution in [0.5, 0.6) is 0 Å². The molecule has 2 aliphatic rings. The van der Waals surface area contributed by atoms with Crippen molar-refractivity contribution in [3.63, 3.8) is 0 Å². The first-order valence-electron chi connectivity index (χ1n) is 7.35. The van der Waals surface area contributed by atoms with Gasteiger partial charge in [0.15, 0.2) is 0 Å². The van der Waals surface area contributed by atoms with E-state index in [1.165, 1.54) is 12.8 Å². The number of carboxylic acid groups (broad SMARTS) is 1. The first-order valence-corrected chi connectivity index (χ1v) is 7.35. The first-order chi connectivity index (χ1) is 9.10. The van der Waals surface area contributed by atoms with Gasteiger partial charge in [0, 0.05) is 32.6 Å². The molecule has 2 amide bonds. The van der Waals surface area contributed by atoms with Gasteiger partial charge >= 0.3 is 12.0 Å². The molecule has 108 valence electrons. The second-order valence-corrected chi connectivity index (χ2v) is 5.82. The number of hydrogen-bond acceptors (Lipinski definition) is 2. The molecular formula is C14H24N2O3. The van der Waals surface area contributed by atoms with Gasteiger partial charge in [0.2, 0.25) is 0 Å². The van der Waals surface area contributed by atoms with E-state index >= 15 is 0 Å². The van der Waals surface area contributed by atoms with E-state index in [4.69, 9.17) is 5.11 Å². The minimum absolute atomic E-state index is 0.101. The summed E-state index contributed by atoms with van der Waals surface area (Å²) in [5.74, 6) is 0.0583. The lowest BCUT2D eigenvalue weighted by Gasteiger charge is -2.35. The maximum Gasteiger partial charge on any atom is 0.320 e. The Bertz CT molecular complexity index is 342. The summed E-state index contributed by atoms with van der Waals surface area (Å²) in [4.78, 5) is 27.0. The van der Waals surface area contributed by atoms with Crippen LogP contribution >= 0.6 is 0 Å². The molecule has 1 unspecified atom stereocenters. The third-order valence-electron chi connectivity index (χ3n) is 4.08. The number of carboxylic acids is 1. The van der Waals surface area contributed by atoms with Crippen LogP contribution < -0.4 is 0 Å². The lowest BCUT2D eigenvalue weighted by molar-refractivity contribution is -0.138. The third-order valence-corrected chi connectivity index (χ3v) is 4.08. The number of aliphatic carboxylic acids is 1. The van der Waals surface area contributed by atoms with Crippen LogP contribution in [0.15, 0.2) is 0 Å². The number of nitrogens with zero attached hydrogens (tertiary/aromatic N) is 2. The molecule has 2 fully saturated rings. The van der Waals surface area contributed by atoms with E-state index in [2.05, 4.69) is 0 Å². The molecule has 1 aliphatic heterocycles. The Morgan fingerprint density at radius 3 is 2.58 bits per heavy atom. The van der Waals surface area contributed by atoms with E-state index in [-0.39, 0.29) is 18.4 Å². The Morgan fingerprint density at radius 2 is 2.00 bits per heavy atom. The fraction of sp³-hybridized carbons (Fsp3) is 0.857. The van der Waals surface area contributed by atoms with Gasteiger partial charge in [0.1, 0.15) is 0 Å². The maximum atomic E-state index is 12.4. The van der Waals surface area contributed by atoms with Crippen molar-refractivity contribution in [1.29, 1.82) is 0 Å². The van der Waals surface area contributed by atoms with Crippen molar-refractivity contribution in [2.45, 2.75) is 39.0 Å². The summed E-state index contributed by atoms with van der Waals surface area (Å²) in [6.45, 7) is 5.01. The van der Waals surface area contributed by atoms with E-state index in [0.29, 0.717) is 12.5 Å². The number of carbonyl (C=O) groups is 2. The van der Waals surface area contributed by atoms with Gasteiger partial charge in [-0.1, -0.05) is 0 Å². The van der Waals surface area contributed by atoms with Crippen LogP contribution in [0, 0.1) is 11.8 Å². The fourth-order valence-corrected chi connectivity index (χ4v) is 2.81. The summed E-state index contributed by atoms with van der Waals surface area (Å²) in [5, 5.41) is 8.86. The molecule has 0 radical (unpaired) electrons. The molecule has 5 nitrogen and oxygen atoms in total. The molecule has 1 saturated carbocycles. The zero-order valence-corrected chi connectivity index (χ0v) is 11.7. The number of urea groups is 1. The molecule has 0 spiro atoms. The van der Waals surface area contributed by atoms with Crippen LogP contribution in [-0.4, -0.2) is 53.1 Å². The molecule has 2 rings (SSSR count). The number of piperidine rings is 1. The van der Waals surface area contributed by atoms with Crippen LogP contribution in [0.1, 0.15) is 39.0 Å². The third kappa shape index (κ3) is 4.11. The van der Waals surface area contributed by atoms with Crippen LogP contribution in [0.2, 0.25) is 0 Å². The van der Waals surface area contributed by atoms with Crippen molar-refractivity contribution in [2.24, 2.45) is 11.8 Å². The fourth-order valence-electron chi connectivity index (χ4n) is 2.81. The Morgan fingerprint density at radius 1 is 1.26 bits per heavy atom. The Hall–Kier alpha value is -1.26. The van der Waals surface area contributed by atoms with Gasteiger partial charge in [-0.2, -0.15) is 0 Å². The largest absolute Gasteiger partial charge is 0.481 e. The number of hydrogen-bond donors (Lipinski definition) is 1. The van der Waals surface area contributed by atoms with Gasteiger partial charge in [0.05, 0.1) is 0 Å². The zero-order chi connectivity index (χ0) is 13.8. The van der Waals surface area contributed by atoms with E-state index in [1.807, 2.05) is 16.7 Å². The average Bonchev–Trinajstić information content (AvgIpc) is 3.18. The molecule has 5 heteroatoms.